The molecule has 1 aromatic carbocycles. The van der Waals surface area contributed by atoms with Gasteiger partial charge in [-0.1, -0.05) is 17.7 Å². The van der Waals surface area contributed by atoms with Gasteiger partial charge >= 0.3 is 0 Å². The third-order valence-corrected chi connectivity index (χ3v) is 3.40. The maximum atomic E-state index is 6.10. The molecule has 3 aromatic rings. The SMILES string of the molecule is Cc1ccc(CNc2cc(Cl)ccc2-n2cccn2)cn1. The molecule has 4 nitrogen and oxygen atoms in total. The average molecular weight is 299 g/mol. The fourth-order valence-corrected chi connectivity index (χ4v) is 2.23. The van der Waals surface area contributed by atoms with Crippen LogP contribution in [-0.4, -0.2) is 14.8 Å². The molecule has 2 aromatic heterocycles. The molecule has 0 atom stereocenters. The van der Waals surface area contributed by atoms with Crippen molar-refractivity contribution in [3.63, 3.8) is 0 Å². The van der Waals surface area contributed by atoms with Gasteiger partial charge in [0.25, 0.3) is 0 Å². The van der Waals surface area contributed by atoms with Gasteiger partial charge in [0.1, 0.15) is 0 Å². The first-order valence-corrected chi connectivity index (χ1v) is 7.05. The molecule has 2 heterocycles. The summed E-state index contributed by atoms with van der Waals surface area (Å²) in [6.07, 6.45) is 5.53. The predicted octanol–water partition coefficient (Wildman–Crippen LogP) is 3.84. The summed E-state index contributed by atoms with van der Waals surface area (Å²) in [7, 11) is 0. The zero-order chi connectivity index (χ0) is 14.7. The fourth-order valence-electron chi connectivity index (χ4n) is 2.06. The Hall–Kier alpha value is -2.33. The Bertz CT molecular complexity index is 721. The van der Waals surface area contributed by atoms with Crippen LogP contribution in [0.4, 0.5) is 5.69 Å². The summed E-state index contributed by atoms with van der Waals surface area (Å²) in [5.41, 5.74) is 4.03. The fraction of sp³-hybridized carbons (Fsp3) is 0.125. The molecule has 0 fully saturated rings. The van der Waals surface area contributed by atoms with Gasteiger partial charge in [0.15, 0.2) is 0 Å². The van der Waals surface area contributed by atoms with Crippen LogP contribution in [0.2, 0.25) is 5.02 Å². The number of nitrogens with one attached hydrogen (secondary N) is 1. The predicted molar refractivity (Wildman–Crippen MR) is 84.9 cm³/mol. The molecule has 106 valence electrons. The summed E-state index contributed by atoms with van der Waals surface area (Å²) >= 11 is 6.10. The van der Waals surface area contributed by atoms with Crippen molar-refractivity contribution < 1.29 is 0 Å². The number of rotatable bonds is 4. The number of aryl methyl sites for hydroxylation is 1. The Morgan fingerprint density at radius 3 is 2.86 bits per heavy atom. The largest absolute Gasteiger partial charge is 0.379 e. The second-order valence-corrected chi connectivity index (χ2v) is 5.21. The van der Waals surface area contributed by atoms with E-state index in [9.17, 15) is 0 Å². The molecule has 0 spiro atoms. The normalized spacial score (nSPS) is 10.6. The second kappa shape index (κ2) is 5.97. The summed E-state index contributed by atoms with van der Waals surface area (Å²) in [5.74, 6) is 0. The van der Waals surface area contributed by atoms with E-state index in [-0.39, 0.29) is 0 Å². The number of halogens is 1. The number of hydrogen-bond donors (Lipinski definition) is 1. The summed E-state index contributed by atoms with van der Waals surface area (Å²) in [6, 6.07) is 11.7. The van der Waals surface area contributed by atoms with Crippen molar-refractivity contribution in [1.29, 1.82) is 0 Å². The molecule has 5 heteroatoms. The van der Waals surface area contributed by atoms with Gasteiger partial charge < -0.3 is 5.32 Å². The molecule has 0 saturated carbocycles. The maximum Gasteiger partial charge on any atom is 0.0877 e. The second-order valence-electron chi connectivity index (χ2n) is 4.77. The van der Waals surface area contributed by atoms with Crippen molar-refractivity contribution in [3.8, 4) is 5.69 Å². The first kappa shape index (κ1) is 13.6. The molecule has 0 amide bonds. The van der Waals surface area contributed by atoms with Crippen LogP contribution in [0.1, 0.15) is 11.3 Å². The Morgan fingerprint density at radius 1 is 1.24 bits per heavy atom. The van der Waals surface area contributed by atoms with Crippen molar-refractivity contribution >= 4 is 17.3 Å². The van der Waals surface area contributed by atoms with Crippen LogP contribution in [0, 0.1) is 6.92 Å². The van der Waals surface area contributed by atoms with Gasteiger partial charge in [0, 0.05) is 35.9 Å². The van der Waals surface area contributed by atoms with Crippen LogP contribution in [0.3, 0.4) is 0 Å². The molecule has 21 heavy (non-hydrogen) atoms. The topological polar surface area (TPSA) is 42.7 Å². The first-order chi connectivity index (χ1) is 10.2. The highest BCUT2D eigenvalue weighted by molar-refractivity contribution is 6.31. The minimum atomic E-state index is 0.682. The van der Waals surface area contributed by atoms with Gasteiger partial charge in [-0.15, -0.1) is 0 Å². The number of aromatic nitrogens is 3. The van der Waals surface area contributed by atoms with Crippen molar-refractivity contribution in [2.24, 2.45) is 0 Å². The lowest BCUT2D eigenvalue weighted by Gasteiger charge is -2.12. The van der Waals surface area contributed by atoms with Crippen LogP contribution >= 0.6 is 11.6 Å². The van der Waals surface area contributed by atoms with Gasteiger partial charge in [-0.05, 0) is 42.8 Å². The van der Waals surface area contributed by atoms with Crippen LogP contribution in [0.15, 0.2) is 55.0 Å². The molecule has 0 radical (unpaired) electrons. The van der Waals surface area contributed by atoms with E-state index in [1.54, 1.807) is 6.20 Å². The summed E-state index contributed by atoms with van der Waals surface area (Å²) < 4.78 is 1.81. The van der Waals surface area contributed by atoms with E-state index in [0.29, 0.717) is 11.6 Å². The van der Waals surface area contributed by atoms with Crippen LogP contribution in [0.25, 0.3) is 5.69 Å². The molecule has 0 aliphatic carbocycles. The minimum Gasteiger partial charge on any atom is -0.379 e. The molecule has 0 saturated heterocycles. The lowest BCUT2D eigenvalue weighted by atomic mass is 10.2. The number of benzene rings is 1. The average Bonchev–Trinajstić information content (AvgIpc) is 3.01. The minimum absolute atomic E-state index is 0.682. The number of nitrogens with zero attached hydrogens (tertiary/aromatic N) is 3. The zero-order valence-corrected chi connectivity index (χ0v) is 12.4. The lowest BCUT2D eigenvalue weighted by Crippen LogP contribution is -2.05. The maximum absolute atomic E-state index is 6.10. The monoisotopic (exact) mass is 298 g/mol. The van der Waals surface area contributed by atoms with E-state index < -0.39 is 0 Å². The summed E-state index contributed by atoms with van der Waals surface area (Å²) in [4.78, 5) is 4.30. The highest BCUT2D eigenvalue weighted by atomic mass is 35.5. The van der Waals surface area contributed by atoms with E-state index in [4.69, 9.17) is 11.6 Å². The van der Waals surface area contributed by atoms with Gasteiger partial charge in [0.05, 0.1) is 11.4 Å². The Morgan fingerprint density at radius 2 is 2.14 bits per heavy atom. The molecule has 1 N–H and O–H groups in total. The standard InChI is InChI=1S/C16H15ClN4/c1-12-3-4-13(10-18-12)11-19-15-9-14(17)5-6-16(15)21-8-2-7-20-21/h2-10,19H,11H2,1H3. The Labute approximate surface area is 128 Å². The van der Waals surface area contributed by atoms with E-state index in [2.05, 4.69) is 21.5 Å². The molecule has 0 aliphatic rings. The molecular formula is C16H15ClN4. The number of anilines is 1. The molecule has 0 unspecified atom stereocenters. The van der Waals surface area contributed by atoms with Gasteiger partial charge in [-0.3, -0.25) is 4.98 Å². The van der Waals surface area contributed by atoms with Crippen molar-refractivity contribution in [2.45, 2.75) is 13.5 Å². The zero-order valence-electron chi connectivity index (χ0n) is 11.6. The summed E-state index contributed by atoms with van der Waals surface area (Å²) in [5, 5.41) is 8.35. The number of hydrogen-bond acceptors (Lipinski definition) is 3. The molecular weight excluding hydrogens is 284 g/mol. The Balaban J connectivity index is 1.84. The van der Waals surface area contributed by atoms with E-state index in [0.717, 1.165) is 22.6 Å². The van der Waals surface area contributed by atoms with E-state index in [1.165, 1.54) is 0 Å². The van der Waals surface area contributed by atoms with Crippen molar-refractivity contribution in [1.82, 2.24) is 14.8 Å². The summed E-state index contributed by atoms with van der Waals surface area (Å²) in [6.45, 7) is 2.66. The molecule has 0 bridgehead atoms. The van der Waals surface area contributed by atoms with E-state index >= 15 is 0 Å². The number of pyridine rings is 1. The van der Waals surface area contributed by atoms with Crippen molar-refractivity contribution in [2.75, 3.05) is 5.32 Å². The highest BCUT2D eigenvalue weighted by Crippen LogP contribution is 2.24. The quantitative estimate of drug-likeness (QED) is 0.796. The van der Waals surface area contributed by atoms with Gasteiger partial charge in [-0.25, -0.2) is 4.68 Å². The van der Waals surface area contributed by atoms with Crippen LogP contribution in [0.5, 0.6) is 0 Å². The van der Waals surface area contributed by atoms with Crippen molar-refractivity contribution in [3.05, 3.63) is 71.3 Å². The van der Waals surface area contributed by atoms with Gasteiger partial charge in [-0.2, -0.15) is 5.10 Å². The smallest absolute Gasteiger partial charge is 0.0877 e. The van der Waals surface area contributed by atoms with E-state index in [1.807, 2.05) is 54.3 Å². The lowest BCUT2D eigenvalue weighted by molar-refractivity contribution is 0.879. The third-order valence-electron chi connectivity index (χ3n) is 3.17. The molecule has 0 aliphatic heterocycles. The van der Waals surface area contributed by atoms with Crippen LogP contribution < -0.4 is 5.32 Å². The van der Waals surface area contributed by atoms with Crippen LogP contribution in [-0.2, 0) is 6.54 Å². The Kier molecular flexibility index (Phi) is 3.88. The van der Waals surface area contributed by atoms with Gasteiger partial charge in [0.2, 0.25) is 0 Å². The molecule has 3 rings (SSSR count). The highest BCUT2D eigenvalue weighted by Gasteiger charge is 2.06. The first-order valence-electron chi connectivity index (χ1n) is 6.67. The third kappa shape index (κ3) is 3.23.